The van der Waals surface area contributed by atoms with Crippen LogP contribution in [0.3, 0.4) is 0 Å². The molecule has 0 N–H and O–H groups in total. The quantitative estimate of drug-likeness (QED) is 0.194. The number of nitrogens with zero attached hydrogens (tertiary/aromatic N) is 1. The maximum atomic E-state index is 6.14. The van der Waals surface area contributed by atoms with E-state index in [0.29, 0.717) is 5.92 Å². The van der Waals surface area contributed by atoms with Gasteiger partial charge >= 0.3 is 0 Å². The molecule has 9 rings (SSSR count). The molecule has 0 saturated carbocycles. The van der Waals surface area contributed by atoms with Crippen molar-refractivity contribution in [2.45, 2.75) is 31.6 Å². The number of rotatable bonds is 5. The Bertz CT molecular complexity index is 2290. The fraction of sp³-hybridized carbons (Fsp3) is 0.111. The van der Waals surface area contributed by atoms with Crippen LogP contribution in [0.25, 0.3) is 39.3 Å². The van der Waals surface area contributed by atoms with Gasteiger partial charge in [0.25, 0.3) is 0 Å². The third kappa shape index (κ3) is 4.47. The molecule has 0 aliphatic heterocycles. The number of para-hydroxylation sites is 1. The van der Waals surface area contributed by atoms with Gasteiger partial charge in [-0.05, 0) is 87.8 Å². The van der Waals surface area contributed by atoms with Crippen LogP contribution in [0.4, 0.5) is 17.1 Å². The fourth-order valence-corrected chi connectivity index (χ4v) is 7.92. The second-order valence-corrected chi connectivity index (χ2v) is 13.3. The van der Waals surface area contributed by atoms with Gasteiger partial charge in [-0.1, -0.05) is 129 Å². The molecular formula is C45H35NO. The second kappa shape index (κ2) is 10.7. The number of hydrogen-bond donors (Lipinski definition) is 0. The lowest BCUT2D eigenvalue weighted by molar-refractivity contribution is 0.591. The summed E-state index contributed by atoms with van der Waals surface area (Å²) in [6.45, 7) is 4.73. The number of hydrogen-bond acceptors (Lipinski definition) is 2. The van der Waals surface area contributed by atoms with Crippen molar-refractivity contribution in [1.29, 1.82) is 0 Å². The van der Waals surface area contributed by atoms with E-state index in [9.17, 15) is 0 Å². The Labute approximate surface area is 276 Å². The average molecular weight is 606 g/mol. The minimum absolute atomic E-state index is 0.136. The molecule has 6 aromatic carbocycles. The predicted molar refractivity (Wildman–Crippen MR) is 196 cm³/mol. The first-order chi connectivity index (χ1) is 23.1. The molecule has 0 radical (unpaired) electrons. The average Bonchev–Trinajstić information content (AvgIpc) is 3.61. The maximum Gasteiger partial charge on any atom is 0.135 e. The first-order valence-electron chi connectivity index (χ1n) is 16.5. The van der Waals surface area contributed by atoms with E-state index in [1.807, 2.05) is 6.07 Å². The molecule has 7 aromatic rings. The molecule has 0 amide bonds. The van der Waals surface area contributed by atoms with Gasteiger partial charge in [0, 0.05) is 33.7 Å². The van der Waals surface area contributed by atoms with Crippen molar-refractivity contribution >= 4 is 34.1 Å². The lowest BCUT2D eigenvalue weighted by Gasteiger charge is -2.32. The first-order valence-corrected chi connectivity index (χ1v) is 16.5. The van der Waals surface area contributed by atoms with Crippen LogP contribution in [0.1, 0.15) is 47.8 Å². The van der Waals surface area contributed by atoms with Crippen molar-refractivity contribution in [1.82, 2.24) is 0 Å². The van der Waals surface area contributed by atoms with E-state index >= 15 is 0 Å². The SMILES string of the molecule is CC1(C)c2ccccc2-c2cccc(N(c3ccc(-c4ccccc4)cc3)c3ccc(C4C=Cc5oc6ccccc6c5C4)cc3)c21. The summed E-state index contributed by atoms with van der Waals surface area (Å²) in [4.78, 5) is 2.45. The number of anilines is 3. The Morgan fingerprint density at radius 2 is 1.28 bits per heavy atom. The van der Waals surface area contributed by atoms with Gasteiger partial charge in [0.1, 0.15) is 11.3 Å². The first kappa shape index (κ1) is 27.7. The van der Waals surface area contributed by atoms with Crippen LogP contribution in [0.5, 0.6) is 0 Å². The van der Waals surface area contributed by atoms with Gasteiger partial charge in [-0.15, -0.1) is 0 Å². The van der Waals surface area contributed by atoms with E-state index in [0.717, 1.165) is 29.1 Å². The zero-order chi connectivity index (χ0) is 31.5. The molecule has 1 heterocycles. The fourth-order valence-electron chi connectivity index (χ4n) is 7.92. The highest BCUT2D eigenvalue weighted by Crippen LogP contribution is 2.54. The summed E-state index contributed by atoms with van der Waals surface area (Å²) in [5, 5.41) is 1.22. The topological polar surface area (TPSA) is 16.4 Å². The Kier molecular flexibility index (Phi) is 6.33. The monoisotopic (exact) mass is 605 g/mol. The summed E-state index contributed by atoms with van der Waals surface area (Å²) < 4.78 is 6.14. The van der Waals surface area contributed by atoms with Gasteiger partial charge in [0.2, 0.25) is 0 Å². The van der Waals surface area contributed by atoms with Gasteiger partial charge < -0.3 is 9.32 Å². The van der Waals surface area contributed by atoms with Crippen LogP contribution >= 0.6 is 0 Å². The highest BCUT2D eigenvalue weighted by Gasteiger charge is 2.38. The van der Waals surface area contributed by atoms with Crippen LogP contribution in [-0.4, -0.2) is 0 Å². The highest BCUT2D eigenvalue weighted by atomic mass is 16.3. The largest absolute Gasteiger partial charge is 0.456 e. The molecule has 47 heavy (non-hydrogen) atoms. The molecule has 2 aliphatic rings. The minimum atomic E-state index is -0.136. The van der Waals surface area contributed by atoms with E-state index in [1.165, 1.54) is 55.6 Å². The van der Waals surface area contributed by atoms with E-state index < -0.39 is 0 Å². The smallest absolute Gasteiger partial charge is 0.135 e. The van der Waals surface area contributed by atoms with Crippen LogP contribution in [0.2, 0.25) is 0 Å². The summed E-state index contributed by atoms with van der Waals surface area (Å²) in [5.41, 5.74) is 14.8. The normalized spacial score (nSPS) is 15.7. The molecule has 2 heteroatoms. The van der Waals surface area contributed by atoms with Crippen molar-refractivity contribution in [3.63, 3.8) is 0 Å². The molecule has 1 atom stereocenters. The second-order valence-electron chi connectivity index (χ2n) is 13.3. The Morgan fingerprint density at radius 3 is 2.09 bits per heavy atom. The summed E-state index contributed by atoms with van der Waals surface area (Å²) in [7, 11) is 0. The predicted octanol–water partition coefficient (Wildman–Crippen LogP) is 12.2. The van der Waals surface area contributed by atoms with Crippen molar-refractivity contribution < 1.29 is 4.42 Å². The van der Waals surface area contributed by atoms with Crippen molar-refractivity contribution in [2.24, 2.45) is 0 Å². The Balaban J connectivity index is 1.14. The summed E-state index contributed by atoms with van der Waals surface area (Å²) in [5.74, 6) is 1.29. The Hall–Kier alpha value is -5.60. The van der Waals surface area contributed by atoms with E-state index in [2.05, 4.69) is 170 Å². The van der Waals surface area contributed by atoms with Crippen molar-refractivity contribution in [3.05, 3.63) is 180 Å². The van der Waals surface area contributed by atoms with E-state index in [-0.39, 0.29) is 5.41 Å². The van der Waals surface area contributed by atoms with Crippen LogP contribution in [-0.2, 0) is 11.8 Å². The Morgan fingerprint density at radius 1 is 0.617 bits per heavy atom. The summed E-state index contributed by atoms with van der Waals surface area (Å²) in [6.07, 6.45) is 5.39. The number of furan rings is 1. The molecule has 1 aromatic heterocycles. The van der Waals surface area contributed by atoms with Gasteiger partial charge in [0.05, 0.1) is 5.69 Å². The van der Waals surface area contributed by atoms with Gasteiger partial charge in [-0.3, -0.25) is 0 Å². The highest BCUT2D eigenvalue weighted by molar-refractivity contribution is 5.91. The molecule has 2 nitrogen and oxygen atoms in total. The number of fused-ring (bicyclic) bond motifs is 6. The molecule has 226 valence electrons. The molecular weight excluding hydrogens is 571 g/mol. The summed E-state index contributed by atoms with van der Waals surface area (Å²) >= 11 is 0. The zero-order valence-corrected chi connectivity index (χ0v) is 26.7. The van der Waals surface area contributed by atoms with Crippen LogP contribution in [0.15, 0.2) is 156 Å². The summed E-state index contributed by atoms with van der Waals surface area (Å²) in [6, 6.07) is 52.9. The van der Waals surface area contributed by atoms with Crippen LogP contribution in [0, 0.1) is 0 Å². The van der Waals surface area contributed by atoms with Crippen molar-refractivity contribution in [2.75, 3.05) is 4.90 Å². The molecule has 0 spiro atoms. The third-order valence-electron chi connectivity index (χ3n) is 10.2. The van der Waals surface area contributed by atoms with Gasteiger partial charge in [-0.25, -0.2) is 0 Å². The standard InChI is InChI=1S/C45H35NO/c1-45(2)40-16-8-6-13-36(40)38-15-10-17-41(44(38)45)46(34-24-19-31(20-25-34)30-11-4-3-5-12-30)35-26-21-32(22-27-35)33-23-28-43-39(29-33)37-14-7-9-18-42(37)47-43/h3-28,33H,29H2,1-2H3. The molecule has 2 aliphatic carbocycles. The molecule has 0 fully saturated rings. The minimum Gasteiger partial charge on any atom is -0.456 e. The zero-order valence-electron chi connectivity index (χ0n) is 26.7. The lowest BCUT2D eigenvalue weighted by atomic mass is 9.81. The van der Waals surface area contributed by atoms with Crippen molar-refractivity contribution in [3.8, 4) is 22.3 Å². The van der Waals surface area contributed by atoms with E-state index in [1.54, 1.807) is 0 Å². The van der Waals surface area contributed by atoms with E-state index in [4.69, 9.17) is 4.42 Å². The molecule has 0 saturated heterocycles. The van der Waals surface area contributed by atoms with Crippen LogP contribution < -0.4 is 4.90 Å². The van der Waals surface area contributed by atoms with Gasteiger partial charge in [-0.2, -0.15) is 0 Å². The van der Waals surface area contributed by atoms with Gasteiger partial charge in [0.15, 0.2) is 0 Å². The maximum absolute atomic E-state index is 6.14. The third-order valence-corrected chi connectivity index (χ3v) is 10.2. The molecule has 1 unspecified atom stereocenters. The number of benzene rings is 6. The lowest BCUT2D eigenvalue weighted by Crippen LogP contribution is -2.20. The molecule has 0 bridgehead atoms. The number of allylic oxidation sites excluding steroid dienone is 1.